The number of nitrogens with zero attached hydrogens (tertiary/aromatic N) is 5. The molecule has 0 saturated carbocycles. The standard InChI is InChI=1S/C14H11N7O2/c22-21(23)12-13(19-10-5-1-3-7-15-10)17-9-18-14(12)20-11-6-2-4-8-16-11/h1-9H,(H2,15,16,17,18,19,20). The molecule has 0 amide bonds. The molecule has 0 bridgehead atoms. The van der Waals surface area contributed by atoms with E-state index < -0.39 is 4.92 Å². The summed E-state index contributed by atoms with van der Waals surface area (Å²) in [5.74, 6) is 0.973. The summed E-state index contributed by atoms with van der Waals surface area (Å²) in [4.78, 5) is 26.9. The van der Waals surface area contributed by atoms with Gasteiger partial charge in [0.2, 0.25) is 11.6 Å². The number of hydrogen-bond donors (Lipinski definition) is 2. The lowest BCUT2D eigenvalue weighted by molar-refractivity contribution is -0.383. The Hall–Kier alpha value is -3.62. The van der Waals surface area contributed by atoms with Crippen LogP contribution in [0, 0.1) is 10.1 Å². The SMILES string of the molecule is O=[N+]([O-])c1c(Nc2ccccn2)ncnc1Nc1ccccn1. The van der Waals surface area contributed by atoms with E-state index in [1.165, 1.54) is 6.33 Å². The number of nitro groups is 1. The molecular formula is C14H11N7O2. The molecule has 9 nitrogen and oxygen atoms in total. The lowest BCUT2D eigenvalue weighted by Crippen LogP contribution is -2.06. The Bertz CT molecular complexity index is 752. The van der Waals surface area contributed by atoms with Crippen LogP contribution in [0.25, 0.3) is 0 Å². The van der Waals surface area contributed by atoms with E-state index in [0.29, 0.717) is 11.6 Å². The van der Waals surface area contributed by atoms with E-state index in [9.17, 15) is 10.1 Å². The van der Waals surface area contributed by atoms with Crippen molar-refractivity contribution in [3.63, 3.8) is 0 Å². The maximum absolute atomic E-state index is 11.4. The third-order valence-electron chi connectivity index (χ3n) is 2.83. The van der Waals surface area contributed by atoms with Gasteiger partial charge in [0, 0.05) is 12.4 Å². The van der Waals surface area contributed by atoms with Crippen LogP contribution in [0.15, 0.2) is 55.1 Å². The van der Waals surface area contributed by atoms with Crippen molar-refractivity contribution >= 4 is 29.0 Å². The van der Waals surface area contributed by atoms with Crippen LogP contribution in [0.1, 0.15) is 0 Å². The molecule has 23 heavy (non-hydrogen) atoms. The van der Waals surface area contributed by atoms with E-state index in [4.69, 9.17) is 0 Å². The van der Waals surface area contributed by atoms with Crippen molar-refractivity contribution < 1.29 is 4.92 Å². The van der Waals surface area contributed by atoms with E-state index in [1.54, 1.807) is 48.8 Å². The Morgan fingerprint density at radius 2 is 1.35 bits per heavy atom. The van der Waals surface area contributed by atoms with E-state index in [2.05, 4.69) is 30.6 Å². The second-order valence-corrected chi connectivity index (χ2v) is 4.36. The maximum Gasteiger partial charge on any atom is 0.354 e. The first-order valence-corrected chi connectivity index (χ1v) is 6.59. The molecule has 2 N–H and O–H groups in total. The average Bonchev–Trinajstić information content (AvgIpc) is 2.56. The van der Waals surface area contributed by atoms with Crippen molar-refractivity contribution in [2.75, 3.05) is 10.6 Å². The summed E-state index contributed by atoms with van der Waals surface area (Å²) in [7, 11) is 0. The molecule has 0 unspecified atom stereocenters. The predicted octanol–water partition coefficient (Wildman–Crippen LogP) is 2.66. The zero-order valence-corrected chi connectivity index (χ0v) is 11.7. The molecule has 0 aliphatic rings. The number of rotatable bonds is 5. The number of aromatic nitrogens is 4. The summed E-state index contributed by atoms with van der Waals surface area (Å²) in [5.41, 5.74) is -0.288. The van der Waals surface area contributed by atoms with Gasteiger partial charge in [0.1, 0.15) is 18.0 Å². The van der Waals surface area contributed by atoms with Crippen molar-refractivity contribution in [1.29, 1.82) is 0 Å². The minimum Gasteiger partial charge on any atom is -0.319 e. The minimum absolute atomic E-state index is 0.0436. The van der Waals surface area contributed by atoms with E-state index in [1.807, 2.05) is 0 Å². The van der Waals surface area contributed by atoms with Crippen molar-refractivity contribution in [3.05, 3.63) is 65.2 Å². The summed E-state index contributed by atoms with van der Waals surface area (Å²) in [6.07, 6.45) is 4.37. The smallest absolute Gasteiger partial charge is 0.319 e. The van der Waals surface area contributed by atoms with Gasteiger partial charge in [0.25, 0.3) is 0 Å². The molecule has 3 aromatic rings. The second kappa shape index (κ2) is 6.43. The monoisotopic (exact) mass is 309 g/mol. The summed E-state index contributed by atoms with van der Waals surface area (Å²) < 4.78 is 0. The van der Waals surface area contributed by atoms with Crippen LogP contribution in [0.5, 0.6) is 0 Å². The van der Waals surface area contributed by atoms with Crippen LogP contribution >= 0.6 is 0 Å². The zero-order chi connectivity index (χ0) is 16.1. The Morgan fingerprint density at radius 1 is 0.826 bits per heavy atom. The molecule has 0 aliphatic heterocycles. The van der Waals surface area contributed by atoms with Crippen molar-refractivity contribution in [2.24, 2.45) is 0 Å². The summed E-state index contributed by atoms with van der Waals surface area (Å²) in [6, 6.07) is 10.4. The second-order valence-electron chi connectivity index (χ2n) is 4.36. The van der Waals surface area contributed by atoms with Gasteiger partial charge >= 0.3 is 5.69 Å². The van der Waals surface area contributed by atoms with Gasteiger partial charge in [-0.1, -0.05) is 12.1 Å². The van der Waals surface area contributed by atoms with Crippen LogP contribution in [-0.4, -0.2) is 24.9 Å². The van der Waals surface area contributed by atoms with Crippen molar-refractivity contribution in [1.82, 2.24) is 19.9 Å². The third kappa shape index (κ3) is 3.35. The van der Waals surface area contributed by atoms with Crippen molar-refractivity contribution in [2.45, 2.75) is 0 Å². The van der Waals surface area contributed by atoms with Crippen LogP contribution in [0.4, 0.5) is 29.0 Å². The van der Waals surface area contributed by atoms with Gasteiger partial charge in [0.05, 0.1) is 4.92 Å². The average molecular weight is 309 g/mol. The molecule has 0 spiro atoms. The summed E-state index contributed by atoms with van der Waals surface area (Å²) in [5, 5.41) is 17.1. The van der Waals surface area contributed by atoms with Gasteiger partial charge in [-0.2, -0.15) is 0 Å². The largest absolute Gasteiger partial charge is 0.354 e. The highest BCUT2D eigenvalue weighted by Crippen LogP contribution is 2.31. The number of nitrogens with one attached hydrogen (secondary N) is 2. The fourth-order valence-electron chi connectivity index (χ4n) is 1.85. The number of pyridine rings is 2. The lowest BCUT2D eigenvalue weighted by Gasteiger charge is -2.09. The molecule has 0 saturated heterocycles. The fraction of sp³-hybridized carbons (Fsp3) is 0. The Balaban J connectivity index is 1.97. The molecule has 3 heterocycles. The van der Waals surface area contributed by atoms with Gasteiger partial charge < -0.3 is 10.6 Å². The molecule has 0 radical (unpaired) electrons. The van der Waals surface area contributed by atoms with Crippen LogP contribution in [-0.2, 0) is 0 Å². The number of anilines is 4. The van der Waals surface area contributed by atoms with Crippen molar-refractivity contribution in [3.8, 4) is 0 Å². The van der Waals surface area contributed by atoms with E-state index >= 15 is 0 Å². The molecular weight excluding hydrogens is 298 g/mol. The Morgan fingerprint density at radius 3 is 1.74 bits per heavy atom. The highest BCUT2D eigenvalue weighted by Gasteiger charge is 2.23. The first-order valence-electron chi connectivity index (χ1n) is 6.59. The first kappa shape index (κ1) is 14.3. The highest BCUT2D eigenvalue weighted by atomic mass is 16.6. The Labute approximate surface area is 130 Å². The molecule has 3 aromatic heterocycles. The van der Waals surface area contributed by atoms with Gasteiger partial charge in [-0.25, -0.2) is 19.9 Å². The van der Waals surface area contributed by atoms with Gasteiger partial charge in [0.15, 0.2) is 0 Å². The summed E-state index contributed by atoms with van der Waals surface area (Å²) in [6.45, 7) is 0. The van der Waals surface area contributed by atoms with Gasteiger partial charge in [-0.15, -0.1) is 0 Å². The van der Waals surface area contributed by atoms with Crippen LogP contribution in [0.3, 0.4) is 0 Å². The molecule has 114 valence electrons. The van der Waals surface area contributed by atoms with E-state index in [0.717, 1.165) is 0 Å². The van der Waals surface area contributed by atoms with Crippen LogP contribution in [0.2, 0.25) is 0 Å². The van der Waals surface area contributed by atoms with Gasteiger partial charge in [-0.05, 0) is 24.3 Å². The van der Waals surface area contributed by atoms with Gasteiger partial charge in [-0.3, -0.25) is 10.1 Å². The zero-order valence-electron chi connectivity index (χ0n) is 11.7. The fourth-order valence-corrected chi connectivity index (χ4v) is 1.85. The molecule has 0 fully saturated rings. The minimum atomic E-state index is -0.559. The molecule has 0 atom stereocenters. The predicted molar refractivity (Wildman–Crippen MR) is 83.7 cm³/mol. The lowest BCUT2D eigenvalue weighted by atomic mass is 10.4. The quantitative estimate of drug-likeness (QED) is 0.545. The molecule has 3 rings (SSSR count). The van der Waals surface area contributed by atoms with E-state index in [-0.39, 0.29) is 17.3 Å². The first-order chi connectivity index (χ1) is 11.2. The number of hydrogen-bond acceptors (Lipinski definition) is 8. The molecule has 9 heteroatoms. The molecule has 0 aliphatic carbocycles. The summed E-state index contributed by atoms with van der Waals surface area (Å²) >= 11 is 0. The Kier molecular flexibility index (Phi) is 4.01. The normalized spacial score (nSPS) is 10.1. The maximum atomic E-state index is 11.4. The molecule has 0 aromatic carbocycles. The third-order valence-corrected chi connectivity index (χ3v) is 2.83. The van der Waals surface area contributed by atoms with Crippen LogP contribution < -0.4 is 10.6 Å². The topological polar surface area (TPSA) is 119 Å². The highest BCUT2D eigenvalue weighted by molar-refractivity contribution is 5.75.